The summed E-state index contributed by atoms with van der Waals surface area (Å²) in [5.74, 6) is 0.407. The summed E-state index contributed by atoms with van der Waals surface area (Å²) in [6.07, 6.45) is 1.79. The third-order valence-electron chi connectivity index (χ3n) is 5.42. The number of piperidine rings is 1. The molecule has 8 heteroatoms. The molecule has 2 heterocycles. The van der Waals surface area contributed by atoms with Crippen molar-refractivity contribution in [3.63, 3.8) is 0 Å². The molecule has 0 unspecified atom stereocenters. The van der Waals surface area contributed by atoms with E-state index in [1.165, 1.54) is 0 Å². The molecule has 2 fully saturated rings. The van der Waals surface area contributed by atoms with Crippen molar-refractivity contribution in [3.8, 4) is 0 Å². The fourth-order valence-corrected chi connectivity index (χ4v) is 4.99. The molecule has 150 valence electrons. The Hall–Kier alpha value is -1.48. The first-order chi connectivity index (χ1) is 13.0. The summed E-state index contributed by atoms with van der Waals surface area (Å²) in [5.41, 5.74) is 0.488. The van der Waals surface area contributed by atoms with E-state index >= 15 is 0 Å². The SMILES string of the molecule is CC1CCN(S(=O)(=O)c2ccc(C(=O)NCCN3CCNCC3)cc2)CC1. The molecule has 1 amide bonds. The van der Waals surface area contributed by atoms with Gasteiger partial charge in [0.25, 0.3) is 5.91 Å². The van der Waals surface area contributed by atoms with Crippen molar-refractivity contribution in [2.75, 3.05) is 52.4 Å². The van der Waals surface area contributed by atoms with Gasteiger partial charge in [0.05, 0.1) is 4.90 Å². The minimum absolute atomic E-state index is 0.166. The van der Waals surface area contributed by atoms with Crippen molar-refractivity contribution in [3.05, 3.63) is 29.8 Å². The van der Waals surface area contributed by atoms with E-state index in [2.05, 4.69) is 22.5 Å². The number of nitrogens with zero attached hydrogens (tertiary/aromatic N) is 2. The lowest BCUT2D eigenvalue weighted by atomic mass is 10.0. The first kappa shape index (κ1) is 20.3. The van der Waals surface area contributed by atoms with Gasteiger partial charge in [-0.2, -0.15) is 4.31 Å². The van der Waals surface area contributed by atoms with Gasteiger partial charge in [-0.05, 0) is 43.0 Å². The van der Waals surface area contributed by atoms with E-state index in [-0.39, 0.29) is 10.8 Å². The number of sulfonamides is 1. The van der Waals surface area contributed by atoms with Crippen LogP contribution in [0, 0.1) is 5.92 Å². The highest BCUT2D eigenvalue weighted by Gasteiger charge is 2.28. The second-order valence-corrected chi connectivity index (χ2v) is 9.40. The Morgan fingerprint density at radius 2 is 1.74 bits per heavy atom. The average Bonchev–Trinajstić information content (AvgIpc) is 2.69. The predicted octanol–water partition coefficient (Wildman–Crippen LogP) is 0.742. The van der Waals surface area contributed by atoms with Crippen molar-refractivity contribution < 1.29 is 13.2 Å². The van der Waals surface area contributed by atoms with Crippen molar-refractivity contribution in [1.82, 2.24) is 19.8 Å². The summed E-state index contributed by atoms with van der Waals surface area (Å²) >= 11 is 0. The number of carbonyl (C=O) groups excluding carboxylic acids is 1. The van der Waals surface area contributed by atoms with Gasteiger partial charge in [-0.3, -0.25) is 9.69 Å². The second kappa shape index (κ2) is 9.14. The standard InChI is InChI=1S/C19H30N4O3S/c1-16-6-11-23(12-7-16)27(25,26)18-4-2-17(3-5-18)19(24)21-10-15-22-13-8-20-9-14-22/h2-5,16,20H,6-15H2,1H3,(H,21,24). The van der Waals surface area contributed by atoms with Gasteiger partial charge in [-0.15, -0.1) is 0 Å². The number of carbonyl (C=O) groups is 1. The Morgan fingerprint density at radius 1 is 1.11 bits per heavy atom. The van der Waals surface area contributed by atoms with Crippen molar-refractivity contribution in [2.45, 2.75) is 24.7 Å². The highest BCUT2D eigenvalue weighted by molar-refractivity contribution is 7.89. The Kier molecular flexibility index (Phi) is 6.86. The molecule has 0 saturated carbocycles. The molecule has 0 radical (unpaired) electrons. The van der Waals surface area contributed by atoms with Crippen molar-refractivity contribution in [2.24, 2.45) is 5.92 Å². The van der Waals surface area contributed by atoms with Gasteiger partial charge >= 0.3 is 0 Å². The van der Waals surface area contributed by atoms with Crippen LogP contribution in [0.2, 0.25) is 0 Å². The Labute approximate surface area is 162 Å². The molecule has 2 N–H and O–H groups in total. The topological polar surface area (TPSA) is 81.8 Å². The monoisotopic (exact) mass is 394 g/mol. The Balaban J connectivity index is 1.53. The molecule has 1 aromatic rings. The van der Waals surface area contributed by atoms with Crippen molar-refractivity contribution >= 4 is 15.9 Å². The van der Waals surface area contributed by atoms with E-state index in [0.717, 1.165) is 45.6 Å². The third kappa shape index (κ3) is 5.28. The lowest BCUT2D eigenvalue weighted by Crippen LogP contribution is -2.46. The van der Waals surface area contributed by atoms with Crippen molar-refractivity contribution in [1.29, 1.82) is 0 Å². The third-order valence-corrected chi connectivity index (χ3v) is 7.33. The Morgan fingerprint density at radius 3 is 2.37 bits per heavy atom. The molecule has 0 aromatic heterocycles. The molecule has 1 aromatic carbocycles. The predicted molar refractivity (Wildman–Crippen MR) is 105 cm³/mol. The van der Waals surface area contributed by atoms with E-state index in [9.17, 15) is 13.2 Å². The molecule has 0 atom stereocenters. The molecule has 27 heavy (non-hydrogen) atoms. The minimum atomic E-state index is -3.47. The van der Waals surface area contributed by atoms with Gasteiger partial charge in [0, 0.05) is 57.9 Å². The van der Waals surface area contributed by atoms with E-state index in [4.69, 9.17) is 0 Å². The molecule has 2 aliphatic rings. The number of hydrogen-bond donors (Lipinski definition) is 2. The van der Waals surface area contributed by atoms with E-state index in [1.54, 1.807) is 28.6 Å². The van der Waals surface area contributed by atoms with Gasteiger partial charge < -0.3 is 10.6 Å². The maximum absolute atomic E-state index is 12.7. The summed E-state index contributed by atoms with van der Waals surface area (Å²) in [6.45, 7) is 8.67. The first-order valence-corrected chi connectivity index (χ1v) is 11.2. The zero-order valence-electron chi connectivity index (χ0n) is 16.0. The van der Waals surface area contributed by atoms with Crippen LogP contribution in [0.4, 0.5) is 0 Å². The number of hydrogen-bond acceptors (Lipinski definition) is 5. The summed E-state index contributed by atoms with van der Waals surface area (Å²) in [7, 11) is -3.47. The summed E-state index contributed by atoms with van der Waals surface area (Å²) in [6, 6.07) is 6.27. The quantitative estimate of drug-likeness (QED) is 0.744. The van der Waals surface area contributed by atoms with Crippen LogP contribution in [0.5, 0.6) is 0 Å². The average molecular weight is 395 g/mol. The Bertz CT molecular complexity index is 722. The number of nitrogens with one attached hydrogen (secondary N) is 2. The fraction of sp³-hybridized carbons (Fsp3) is 0.632. The maximum atomic E-state index is 12.7. The molecule has 3 rings (SSSR count). The van der Waals surface area contributed by atoms with Crippen LogP contribution in [0.15, 0.2) is 29.2 Å². The highest BCUT2D eigenvalue weighted by Crippen LogP contribution is 2.23. The number of amides is 1. The van der Waals surface area contributed by atoms with Crippen LogP contribution in [0.3, 0.4) is 0 Å². The summed E-state index contributed by atoms with van der Waals surface area (Å²) < 4.78 is 27.0. The van der Waals surface area contributed by atoms with Crippen LogP contribution in [0.1, 0.15) is 30.1 Å². The van der Waals surface area contributed by atoms with E-state index < -0.39 is 10.0 Å². The highest BCUT2D eigenvalue weighted by atomic mass is 32.2. The van der Waals surface area contributed by atoms with Gasteiger partial charge in [0.15, 0.2) is 0 Å². The van der Waals surface area contributed by atoms with E-state index in [0.29, 0.717) is 31.1 Å². The summed E-state index contributed by atoms with van der Waals surface area (Å²) in [5, 5.41) is 6.21. The number of benzene rings is 1. The fourth-order valence-electron chi connectivity index (χ4n) is 3.52. The number of rotatable bonds is 6. The van der Waals surface area contributed by atoms with E-state index in [1.807, 2.05) is 0 Å². The first-order valence-electron chi connectivity index (χ1n) is 9.78. The summed E-state index contributed by atoms with van der Waals surface area (Å²) in [4.78, 5) is 14.9. The zero-order valence-corrected chi connectivity index (χ0v) is 16.8. The largest absolute Gasteiger partial charge is 0.351 e. The maximum Gasteiger partial charge on any atom is 0.251 e. The van der Waals surface area contributed by atoms with Crippen LogP contribution in [-0.4, -0.2) is 75.9 Å². The molecule has 0 aliphatic carbocycles. The molecule has 7 nitrogen and oxygen atoms in total. The minimum Gasteiger partial charge on any atom is -0.351 e. The number of piperazine rings is 1. The lowest BCUT2D eigenvalue weighted by Gasteiger charge is -2.29. The lowest BCUT2D eigenvalue weighted by molar-refractivity contribution is 0.0947. The van der Waals surface area contributed by atoms with Gasteiger partial charge in [0.1, 0.15) is 0 Å². The van der Waals surface area contributed by atoms with Crippen LogP contribution in [0.25, 0.3) is 0 Å². The van der Waals surface area contributed by atoms with Crippen LogP contribution < -0.4 is 10.6 Å². The van der Waals surface area contributed by atoms with Gasteiger partial charge in [-0.1, -0.05) is 6.92 Å². The molecular weight excluding hydrogens is 364 g/mol. The van der Waals surface area contributed by atoms with Crippen LogP contribution in [-0.2, 0) is 10.0 Å². The molecule has 0 bridgehead atoms. The normalized spacial score (nSPS) is 20.5. The van der Waals surface area contributed by atoms with Gasteiger partial charge in [0.2, 0.25) is 10.0 Å². The van der Waals surface area contributed by atoms with Gasteiger partial charge in [-0.25, -0.2) is 8.42 Å². The zero-order chi connectivity index (χ0) is 19.3. The smallest absolute Gasteiger partial charge is 0.251 e. The molecule has 2 aliphatic heterocycles. The molecule has 0 spiro atoms. The second-order valence-electron chi connectivity index (χ2n) is 7.46. The van der Waals surface area contributed by atoms with Crippen LogP contribution >= 0.6 is 0 Å². The molecule has 2 saturated heterocycles. The molecular formula is C19H30N4O3S.